The van der Waals surface area contributed by atoms with Crippen molar-refractivity contribution in [3.05, 3.63) is 35.6 Å². The van der Waals surface area contributed by atoms with Gasteiger partial charge in [0.15, 0.2) is 0 Å². The first kappa shape index (κ1) is 10.1. The van der Waals surface area contributed by atoms with E-state index in [1.54, 1.807) is 12.1 Å². The molecular weight excluding hydrogens is 172 g/mol. The smallest absolute Gasteiger partial charge is 0.123 e. The Balaban J connectivity index is 2.73. The van der Waals surface area contributed by atoms with E-state index in [-0.39, 0.29) is 11.7 Å². The van der Waals surface area contributed by atoms with Gasteiger partial charge in [-0.15, -0.1) is 0 Å². The van der Waals surface area contributed by atoms with Crippen molar-refractivity contribution < 1.29 is 8.78 Å². The molecule has 0 spiro atoms. The standard InChI is InChI=1S/C10H13F2N/c11-7-9(5-6-13)8-1-3-10(12)4-2-8/h1-4,9H,5-7,13H2. The molecule has 0 saturated carbocycles. The Labute approximate surface area is 76.6 Å². The van der Waals surface area contributed by atoms with Crippen LogP contribution in [0.25, 0.3) is 0 Å². The van der Waals surface area contributed by atoms with E-state index in [1.165, 1.54) is 12.1 Å². The molecule has 0 radical (unpaired) electrons. The lowest BCUT2D eigenvalue weighted by molar-refractivity contribution is 0.417. The van der Waals surface area contributed by atoms with E-state index in [0.717, 1.165) is 5.56 Å². The number of rotatable bonds is 4. The van der Waals surface area contributed by atoms with Crippen molar-refractivity contribution in [2.75, 3.05) is 13.2 Å². The van der Waals surface area contributed by atoms with E-state index >= 15 is 0 Å². The number of alkyl halides is 1. The predicted octanol–water partition coefficient (Wildman–Crippen LogP) is 2.23. The SMILES string of the molecule is NCCC(CF)c1ccc(F)cc1. The Kier molecular flexibility index (Phi) is 3.83. The van der Waals surface area contributed by atoms with Crippen LogP contribution in [0.3, 0.4) is 0 Å². The molecule has 0 bridgehead atoms. The van der Waals surface area contributed by atoms with Gasteiger partial charge >= 0.3 is 0 Å². The van der Waals surface area contributed by atoms with Crippen LogP contribution in [0.5, 0.6) is 0 Å². The van der Waals surface area contributed by atoms with E-state index in [9.17, 15) is 8.78 Å². The number of hydrogen-bond acceptors (Lipinski definition) is 1. The summed E-state index contributed by atoms with van der Waals surface area (Å²) >= 11 is 0. The average molecular weight is 185 g/mol. The maximum absolute atomic E-state index is 12.5. The fraction of sp³-hybridized carbons (Fsp3) is 0.400. The minimum atomic E-state index is -0.442. The van der Waals surface area contributed by atoms with Crippen LogP contribution in [-0.2, 0) is 0 Å². The molecule has 3 heteroatoms. The van der Waals surface area contributed by atoms with Gasteiger partial charge in [-0.05, 0) is 30.7 Å². The van der Waals surface area contributed by atoms with Gasteiger partial charge in [-0.2, -0.15) is 0 Å². The largest absolute Gasteiger partial charge is 0.330 e. The highest BCUT2D eigenvalue weighted by Gasteiger charge is 2.09. The van der Waals surface area contributed by atoms with Crippen LogP contribution in [0.4, 0.5) is 8.78 Å². The van der Waals surface area contributed by atoms with Gasteiger partial charge in [0.05, 0.1) is 6.67 Å². The molecular formula is C10H13F2N. The van der Waals surface area contributed by atoms with Crippen molar-refractivity contribution in [2.45, 2.75) is 12.3 Å². The Bertz CT molecular complexity index is 246. The lowest BCUT2D eigenvalue weighted by Gasteiger charge is -2.11. The Morgan fingerprint density at radius 3 is 2.31 bits per heavy atom. The normalized spacial score (nSPS) is 12.8. The summed E-state index contributed by atoms with van der Waals surface area (Å²) in [4.78, 5) is 0. The monoisotopic (exact) mass is 185 g/mol. The first-order valence-electron chi connectivity index (χ1n) is 4.29. The average Bonchev–Trinajstić information content (AvgIpc) is 2.16. The summed E-state index contributed by atoms with van der Waals surface area (Å²) < 4.78 is 25.0. The van der Waals surface area contributed by atoms with Crippen molar-refractivity contribution in [3.8, 4) is 0 Å². The zero-order valence-corrected chi connectivity index (χ0v) is 7.34. The number of nitrogens with two attached hydrogens (primary N) is 1. The van der Waals surface area contributed by atoms with Gasteiger partial charge in [-0.1, -0.05) is 12.1 Å². The minimum Gasteiger partial charge on any atom is -0.330 e. The van der Waals surface area contributed by atoms with E-state index in [0.29, 0.717) is 13.0 Å². The highest BCUT2D eigenvalue weighted by Crippen LogP contribution is 2.19. The quantitative estimate of drug-likeness (QED) is 0.764. The third-order valence-corrected chi connectivity index (χ3v) is 2.04. The second-order valence-corrected chi connectivity index (χ2v) is 2.98. The molecule has 1 nitrogen and oxygen atoms in total. The van der Waals surface area contributed by atoms with Gasteiger partial charge in [0.2, 0.25) is 0 Å². The van der Waals surface area contributed by atoms with Gasteiger partial charge in [0.1, 0.15) is 5.82 Å². The van der Waals surface area contributed by atoms with Crippen LogP contribution in [-0.4, -0.2) is 13.2 Å². The molecule has 72 valence electrons. The summed E-state index contributed by atoms with van der Waals surface area (Å²) in [5.74, 6) is -0.486. The topological polar surface area (TPSA) is 26.0 Å². The van der Waals surface area contributed by atoms with E-state index in [2.05, 4.69) is 0 Å². The van der Waals surface area contributed by atoms with E-state index < -0.39 is 6.67 Å². The van der Waals surface area contributed by atoms with E-state index in [4.69, 9.17) is 5.73 Å². The molecule has 1 aromatic carbocycles. The molecule has 0 fully saturated rings. The summed E-state index contributed by atoms with van der Waals surface area (Å²) in [5.41, 5.74) is 6.15. The summed E-state index contributed by atoms with van der Waals surface area (Å²) in [6, 6.07) is 5.90. The van der Waals surface area contributed by atoms with Crippen LogP contribution in [0.15, 0.2) is 24.3 Å². The number of halogens is 2. The second kappa shape index (κ2) is 4.92. The Morgan fingerprint density at radius 1 is 1.23 bits per heavy atom. The van der Waals surface area contributed by atoms with Gasteiger partial charge in [0.25, 0.3) is 0 Å². The molecule has 2 N–H and O–H groups in total. The van der Waals surface area contributed by atoms with Crippen molar-refractivity contribution in [2.24, 2.45) is 5.73 Å². The molecule has 0 amide bonds. The molecule has 0 heterocycles. The summed E-state index contributed by atoms with van der Waals surface area (Å²) in [5, 5.41) is 0. The molecule has 13 heavy (non-hydrogen) atoms. The third-order valence-electron chi connectivity index (χ3n) is 2.04. The maximum atomic E-state index is 12.5. The van der Waals surface area contributed by atoms with Crippen molar-refractivity contribution >= 4 is 0 Å². The first-order chi connectivity index (χ1) is 6.27. The van der Waals surface area contributed by atoms with Gasteiger partial charge < -0.3 is 5.73 Å². The fourth-order valence-electron chi connectivity index (χ4n) is 1.27. The number of benzene rings is 1. The Morgan fingerprint density at radius 2 is 1.85 bits per heavy atom. The van der Waals surface area contributed by atoms with Gasteiger partial charge in [-0.25, -0.2) is 4.39 Å². The van der Waals surface area contributed by atoms with Crippen molar-refractivity contribution in [1.29, 1.82) is 0 Å². The molecule has 1 rings (SSSR count). The lowest BCUT2D eigenvalue weighted by atomic mass is 9.97. The summed E-state index contributed by atoms with van der Waals surface area (Å²) in [6.07, 6.45) is 0.599. The zero-order chi connectivity index (χ0) is 9.68. The summed E-state index contributed by atoms with van der Waals surface area (Å²) in [6.45, 7) is 0.00873. The molecule has 0 aliphatic heterocycles. The van der Waals surface area contributed by atoms with Crippen molar-refractivity contribution in [1.82, 2.24) is 0 Å². The second-order valence-electron chi connectivity index (χ2n) is 2.98. The first-order valence-corrected chi connectivity index (χ1v) is 4.29. The number of hydrogen-bond donors (Lipinski definition) is 1. The molecule has 0 aliphatic carbocycles. The zero-order valence-electron chi connectivity index (χ0n) is 7.34. The molecule has 0 aromatic heterocycles. The molecule has 1 unspecified atom stereocenters. The Hall–Kier alpha value is -0.960. The van der Waals surface area contributed by atoms with Gasteiger partial charge in [0, 0.05) is 5.92 Å². The van der Waals surface area contributed by atoms with E-state index in [1.807, 2.05) is 0 Å². The lowest BCUT2D eigenvalue weighted by Crippen LogP contribution is -2.08. The molecule has 0 saturated heterocycles. The third kappa shape index (κ3) is 2.77. The van der Waals surface area contributed by atoms with Gasteiger partial charge in [-0.3, -0.25) is 4.39 Å². The highest BCUT2D eigenvalue weighted by molar-refractivity contribution is 5.20. The van der Waals surface area contributed by atoms with Crippen LogP contribution >= 0.6 is 0 Å². The van der Waals surface area contributed by atoms with Crippen LogP contribution in [0.2, 0.25) is 0 Å². The fourth-order valence-corrected chi connectivity index (χ4v) is 1.27. The molecule has 1 atom stereocenters. The van der Waals surface area contributed by atoms with Crippen LogP contribution < -0.4 is 5.73 Å². The van der Waals surface area contributed by atoms with Crippen LogP contribution in [0.1, 0.15) is 17.9 Å². The van der Waals surface area contributed by atoms with Crippen LogP contribution in [0, 0.1) is 5.82 Å². The predicted molar refractivity (Wildman–Crippen MR) is 48.8 cm³/mol. The maximum Gasteiger partial charge on any atom is 0.123 e. The molecule has 1 aromatic rings. The minimum absolute atomic E-state index is 0.189. The highest BCUT2D eigenvalue weighted by atomic mass is 19.1. The summed E-state index contributed by atoms with van der Waals surface area (Å²) in [7, 11) is 0. The molecule has 0 aliphatic rings. The van der Waals surface area contributed by atoms with Crippen molar-refractivity contribution in [3.63, 3.8) is 0 Å².